The standard InChI is InChI=1S/C18H14BrClFN3O2/c19-12-4-6-13(7-5-12)24-10-11(8-17(24)25)18(26)23-22-9-14-15(20)2-1-3-16(14)21/h1-7,9,11H,8,10H2,(H,23,26)/b22-9-. The molecule has 2 aromatic rings. The summed E-state index contributed by atoms with van der Waals surface area (Å²) in [7, 11) is 0. The Morgan fingerprint density at radius 1 is 1.31 bits per heavy atom. The first-order chi connectivity index (χ1) is 12.5. The lowest BCUT2D eigenvalue weighted by atomic mass is 10.1. The highest BCUT2D eigenvalue weighted by Gasteiger charge is 2.35. The van der Waals surface area contributed by atoms with E-state index in [2.05, 4.69) is 26.5 Å². The van der Waals surface area contributed by atoms with Crippen LogP contribution in [0, 0.1) is 11.7 Å². The average molecular weight is 439 g/mol. The third-order valence-corrected chi connectivity index (χ3v) is 4.86. The molecule has 0 radical (unpaired) electrons. The Hall–Kier alpha value is -2.25. The molecule has 1 aliphatic rings. The lowest BCUT2D eigenvalue weighted by Crippen LogP contribution is -2.30. The smallest absolute Gasteiger partial charge is 0.245 e. The Kier molecular flexibility index (Phi) is 5.68. The lowest BCUT2D eigenvalue weighted by molar-refractivity contribution is -0.126. The second-order valence-corrected chi connectivity index (χ2v) is 7.07. The van der Waals surface area contributed by atoms with Crippen LogP contribution in [0.1, 0.15) is 12.0 Å². The number of carbonyl (C=O) groups excluding carboxylic acids is 2. The molecule has 0 saturated carbocycles. The highest BCUT2D eigenvalue weighted by Crippen LogP contribution is 2.26. The number of anilines is 1. The fraction of sp³-hybridized carbons (Fsp3) is 0.167. The van der Waals surface area contributed by atoms with E-state index in [1.165, 1.54) is 18.2 Å². The monoisotopic (exact) mass is 437 g/mol. The van der Waals surface area contributed by atoms with E-state index in [1.54, 1.807) is 17.0 Å². The Balaban J connectivity index is 1.63. The van der Waals surface area contributed by atoms with Crippen molar-refractivity contribution in [3.63, 3.8) is 0 Å². The molecule has 2 aromatic carbocycles. The van der Waals surface area contributed by atoms with Crippen LogP contribution in [0.2, 0.25) is 5.02 Å². The highest BCUT2D eigenvalue weighted by atomic mass is 79.9. The number of nitrogens with one attached hydrogen (secondary N) is 1. The topological polar surface area (TPSA) is 61.8 Å². The van der Waals surface area contributed by atoms with Gasteiger partial charge < -0.3 is 4.90 Å². The minimum atomic E-state index is -0.534. The number of hydrogen-bond donors (Lipinski definition) is 1. The summed E-state index contributed by atoms with van der Waals surface area (Å²) in [6, 6.07) is 11.5. The SMILES string of the molecule is O=C(N/N=C\c1c(F)cccc1Cl)C1CC(=O)N(c2ccc(Br)cc2)C1. The minimum absolute atomic E-state index is 0.0912. The summed E-state index contributed by atoms with van der Waals surface area (Å²) in [5, 5.41) is 3.95. The third kappa shape index (κ3) is 4.11. The van der Waals surface area contributed by atoms with E-state index < -0.39 is 17.6 Å². The van der Waals surface area contributed by atoms with E-state index in [0.717, 1.165) is 16.4 Å². The summed E-state index contributed by atoms with van der Waals surface area (Å²) in [5.41, 5.74) is 3.17. The van der Waals surface area contributed by atoms with Gasteiger partial charge in [-0.2, -0.15) is 5.10 Å². The normalized spacial score (nSPS) is 17.1. The first-order valence-corrected chi connectivity index (χ1v) is 8.95. The van der Waals surface area contributed by atoms with Gasteiger partial charge in [0, 0.05) is 28.7 Å². The maximum Gasteiger partial charge on any atom is 0.245 e. The number of hydrogen-bond acceptors (Lipinski definition) is 3. The zero-order valence-corrected chi connectivity index (χ0v) is 15.8. The van der Waals surface area contributed by atoms with Crippen molar-refractivity contribution in [2.45, 2.75) is 6.42 Å². The lowest BCUT2D eigenvalue weighted by Gasteiger charge is -2.16. The summed E-state index contributed by atoms with van der Waals surface area (Å²) in [6.45, 7) is 0.266. The predicted molar refractivity (Wildman–Crippen MR) is 102 cm³/mol. The summed E-state index contributed by atoms with van der Waals surface area (Å²) in [4.78, 5) is 26.0. The van der Waals surface area contributed by atoms with Crippen molar-refractivity contribution in [2.24, 2.45) is 11.0 Å². The minimum Gasteiger partial charge on any atom is -0.312 e. The molecule has 0 bridgehead atoms. The Bertz CT molecular complexity index is 853. The molecule has 1 heterocycles. The molecule has 134 valence electrons. The third-order valence-electron chi connectivity index (χ3n) is 4.00. The molecule has 0 aliphatic carbocycles. The van der Waals surface area contributed by atoms with Gasteiger partial charge in [-0.05, 0) is 36.4 Å². The largest absolute Gasteiger partial charge is 0.312 e. The number of nitrogens with zero attached hydrogens (tertiary/aromatic N) is 2. The zero-order valence-electron chi connectivity index (χ0n) is 13.5. The van der Waals surface area contributed by atoms with E-state index in [1.807, 2.05) is 12.1 Å². The number of carbonyl (C=O) groups is 2. The number of amides is 2. The van der Waals surface area contributed by atoms with E-state index in [0.29, 0.717) is 0 Å². The number of rotatable bonds is 4. The molecule has 8 heteroatoms. The van der Waals surface area contributed by atoms with Gasteiger partial charge in [-0.1, -0.05) is 33.6 Å². The van der Waals surface area contributed by atoms with Crippen LogP contribution < -0.4 is 10.3 Å². The van der Waals surface area contributed by atoms with Crippen molar-refractivity contribution in [1.29, 1.82) is 0 Å². The van der Waals surface area contributed by atoms with Crippen molar-refractivity contribution in [2.75, 3.05) is 11.4 Å². The number of halogens is 3. The van der Waals surface area contributed by atoms with E-state index in [9.17, 15) is 14.0 Å². The molecule has 2 amide bonds. The van der Waals surface area contributed by atoms with Crippen molar-refractivity contribution < 1.29 is 14.0 Å². The molecule has 1 saturated heterocycles. The number of benzene rings is 2. The highest BCUT2D eigenvalue weighted by molar-refractivity contribution is 9.10. The molecule has 0 aromatic heterocycles. The van der Waals surface area contributed by atoms with Crippen LogP contribution in [0.4, 0.5) is 10.1 Å². The fourth-order valence-electron chi connectivity index (χ4n) is 2.64. The van der Waals surface area contributed by atoms with Gasteiger partial charge in [-0.15, -0.1) is 0 Å². The van der Waals surface area contributed by atoms with Gasteiger partial charge in [-0.3, -0.25) is 9.59 Å². The maximum atomic E-state index is 13.7. The van der Waals surface area contributed by atoms with Crippen molar-refractivity contribution in [3.05, 3.63) is 63.3 Å². The molecule has 5 nitrogen and oxygen atoms in total. The molecular weight excluding hydrogens is 425 g/mol. The molecule has 1 atom stereocenters. The second-order valence-electron chi connectivity index (χ2n) is 5.75. The first-order valence-electron chi connectivity index (χ1n) is 7.78. The maximum absolute atomic E-state index is 13.7. The second kappa shape index (κ2) is 7.97. The molecular formula is C18H14BrClFN3O2. The van der Waals surface area contributed by atoms with Crippen molar-refractivity contribution in [3.8, 4) is 0 Å². The molecule has 1 unspecified atom stereocenters. The Morgan fingerprint density at radius 3 is 2.73 bits per heavy atom. The Labute approximate surface area is 163 Å². The van der Waals surface area contributed by atoms with Gasteiger partial charge in [0.2, 0.25) is 11.8 Å². The summed E-state index contributed by atoms with van der Waals surface area (Å²) in [6.07, 6.45) is 1.25. The molecule has 1 aliphatic heterocycles. The summed E-state index contributed by atoms with van der Waals surface area (Å²) >= 11 is 9.23. The summed E-state index contributed by atoms with van der Waals surface area (Å²) in [5.74, 6) is -1.59. The van der Waals surface area contributed by atoms with Crippen LogP contribution in [0.5, 0.6) is 0 Å². The number of hydrazone groups is 1. The summed E-state index contributed by atoms with van der Waals surface area (Å²) < 4.78 is 14.6. The van der Waals surface area contributed by atoms with E-state index in [4.69, 9.17) is 11.6 Å². The van der Waals surface area contributed by atoms with Crippen LogP contribution in [0.15, 0.2) is 52.0 Å². The zero-order chi connectivity index (χ0) is 18.7. The molecule has 1 fully saturated rings. The fourth-order valence-corrected chi connectivity index (χ4v) is 3.12. The van der Waals surface area contributed by atoms with Gasteiger partial charge in [0.1, 0.15) is 5.82 Å². The van der Waals surface area contributed by atoms with Crippen LogP contribution in [-0.2, 0) is 9.59 Å². The van der Waals surface area contributed by atoms with Crippen LogP contribution in [0.3, 0.4) is 0 Å². The van der Waals surface area contributed by atoms with Crippen LogP contribution >= 0.6 is 27.5 Å². The van der Waals surface area contributed by atoms with Gasteiger partial charge in [0.15, 0.2) is 0 Å². The van der Waals surface area contributed by atoms with Gasteiger partial charge >= 0.3 is 0 Å². The van der Waals surface area contributed by atoms with Crippen molar-refractivity contribution in [1.82, 2.24) is 5.43 Å². The van der Waals surface area contributed by atoms with Crippen molar-refractivity contribution >= 4 is 51.2 Å². The molecule has 3 rings (SSSR count). The first kappa shape index (κ1) is 18.5. The van der Waals surface area contributed by atoms with E-state index >= 15 is 0 Å². The van der Waals surface area contributed by atoms with Crippen LogP contribution in [0.25, 0.3) is 0 Å². The predicted octanol–water partition coefficient (Wildman–Crippen LogP) is 3.74. The molecule has 0 spiro atoms. The Morgan fingerprint density at radius 2 is 2.04 bits per heavy atom. The molecule has 26 heavy (non-hydrogen) atoms. The van der Waals surface area contributed by atoms with Crippen LogP contribution in [-0.4, -0.2) is 24.6 Å². The van der Waals surface area contributed by atoms with Gasteiger partial charge in [-0.25, -0.2) is 9.82 Å². The average Bonchev–Trinajstić information content (AvgIpc) is 3.00. The quantitative estimate of drug-likeness (QED) is 0.584. The van der Waals surface area contributed by atoms with Gasteiger partial charge in [0.25, 0.3) is 0 Å². The van der Waals surface area contributed by atoms with E-state index in [-0.39, 0.29) is 29.5 Å². The van der Waals surface area contributed by atoms with Gasteiger partial charge in [0.05, 0.1) is 17.2 Å². The molecule has 1 N–H and O–H groups in total.